The van der Waals surface area contributed by atoms with Crippen LogP contribution in [0.15, 0.2) is 169 Å². The molecular formula is C82H106F2N2O2Zr. The van der Waals surface area contributed by atoms with E-state index in [-0.39, 0.29) is 84.4 Å². The molecule has 0 radical (unpaired) electrons. The Labute approximate surface area is 554 Å². The summed E-state index contributed by atoms with van der Waals surface area (Å²) in [5.74, 6) is -4.42. The van der Waals surface area contributed by atoms with Crippen molar-refractivity contribution >= 4 is 54.8 Å². The molecule has 0 spiro atoms. The van der Waals surface area contributed by atoms with Crippen molar-refractivity contribution < 1.29 is 45.2 Å². The fourth-order valence-electron chi connectivity index (χ4n) is 14.0. The number of nitrogens with zero attached hydrogens (tertiary/aromatic N) is 2. The first-order valence-corrected chi connectivity index (χ1v) is 31.4. The van der Waals surface area contributed by atoms with Gasteiger partial charge in [-0.25, -0.2) is 8.78 Å². The first-order chi connectivity index (χ1) is 39.4. The molecule has 0 fully saturated rings. The molecule has 8 aromatic rings. The van der Waals surface area contributed by atoms with Gasteiger partial charge in [0, 0.05) is 21.5 Å². The van der Waals surface area contributed by atoms with Gasteiger partial charge in [-0.15, -0.1) is 0 Å². The summed E-state index contributed by atoms with van der Waals surface area (Å²) < 4.78 is 40.3. The minimum Gasteiger partial charge on any atom is -0.383 e. The second-order valence-corrected chi connectivity index (χ2v) is 33.2. The third-order valence-corrected chi connectivity index (χ3v) is 18.1. The maximum Gasteiger partial charge on any atom is 2.00 e. The van der Waals surface area contributed by atoms with Crippen LogP contribution in [0, 0.1) is 36.5 Å². The Morgan fingerprint density at radius 1 is 0.371 bits per heavy atom. The molecule has 2 heterocycles. The number of aliphatic hydroxyl groups excluding tert-OH is 2. The molecule has 4 atom stereocenters. The number of rotatable bonds is 8. The van der Waals surface area contributed by atoms with Gasteiger partial charge in [-0.3, -0.25) is 0 Å². The second kappa shape index (κ2) is 24.9. The van der Waals surface area contributed by atoms with Crippen molar-refractivity contribution in [2.75, 3.05) is 0 Å². The van der Waals surface area contributed by atoms with E-state index < -0.39 is 23.8 Å². The van der Waals surface area contributed by atoms with E-state index in [9.17, 15) is 10.2 Å². The number of allylic oxidation sites excluding steroid dienone is 4. The fourth-order valence-corrected chi connectivity index (χ4v) is 14.0. The molecule has 0 saturated carbocycles. The quantitative estimate of drug-likeness (QED) is 0.149. The molecule has 10 rings (SSSR count). The van der Waals surface area contributed by atoms with Crippen molar-refractivity contribution in [1.82, 2.24) is 9.13 Å². The molecule has 2 aliphatic rings. The summed E-state index contributed by atoms with van der Waals surface area (Å²) in [5.41, 5.74) is 11.8. The number of alkyl halides is 2. The Kier molecular flexibility index (Phi) is 20.3. The van der Waals surface area contributed by atoms with E-state index >= 15 is 8.78 Å². The number of hydrogen-bond donors (Lipinski definition) is 2. The Balaban J connectivity index is 0.000000274. The third kappa shape index (κ3) is 14.4. The summed E-state index contributed by atoms with van der Waals surface area (Å²) in [4.78, 5) is 0. The van der Waals surface area contributed by atoms with E-state index in [1.54, 1.807) is 21.3 Å². The van der Waals surface area contributed by atoms with Crippen LogP contribution in [-0.2, 0) is 59.4 Å². The number of benzene rings is 6. The number of halogens is 2. The van der Waals surface area contributed by atoms with E-state index in [1.807, 2.05) is 72.8 Å². The molecule has 4 nitrogen and oxygen atoms in total. The van der Waals surface area contributed by atoms with Crippen LogP contribution in [0.2, 0.25) is 0 Å². The van der Waals surface area contributed by atoms with Gasteiger partial charge in [-0.1, -0.05) is 249 Å². The van der Waals surface area contributed by atoms with Crippen molar-refractivity contribution in [2.45, 2.75) is 211 Å². The van der Waals surface area contributed by atoms with Crippen LogP contribution in [0.1, 0.15) is 199 Å². The molecule has 4 unspecified atom stereocenters. The van der Waals surface area contributed by atoms with Crippen LogP contribution in [0.25, 0.3) is 54.8 Å². The zero-order valence-electron chi connectivity index (χ0n) is 58.6. The predicted octanol–water partition coefficient (Wildman–Crippen LogP) is 22.6. The second-order valence-electron chi connectivity index (χ2n) is 33.2. The summed E-state index contributed by atoms with van der Waals surface area (Å²) in [7, 11) is 0. The van der Waals surface area contributed by atoms with Crippen LogP contribution in [-0.4, -0.2) is 31.6 Å². The minimum atomic E-state index is -2.21. The molecule has 0 amide bonds. The number of aromatic nitrogens is 2. The van der Waals surface area contributed by atoms with Gasteiger partial charge in [0.1, 0.15) is 12.2 Å². The molecule has 474 valence electrons. The Morgan fingerprint density at radius 3 is 0.820 bits per heavy atom. The molecule has 7 heteroatoms. The first kappa shape index (κ1) is 72.6. The third-order valence-electron chi connectivity index (χ3n) is 18.1. The van der Waals surface area contributed by atoms with Crippen molar-refractivity contribution in [3.05, 3.63) is 217 Å². The Bertz CT molecular complexity index is 3590. The topological polar surface area (TPSA) is 50.3 Å². The largest absolute Gasteiger partial charge is 2.00 e. The van der Waals surface area contributed by atoms with Gasteiger partial charge in [0.2, 0.25) is 11.6 Å². The smallest absolute Gasteiger partial charge is 0.383 e. The van der Waals surface area contributed by atoms with Crippen molar-refractivity contribution in [3.63, 3.8) is 0 Å². The van der Waals surface area contributed by atoms with E-state index in [1.165, 1.54) is 22.3 Å². The first-order valence-electron chi connectivity index (χ1n) is 31.4. The molecule has 89 heavy (non-hydrogen) atoms. The Morgan fingerprint density at radius 2 is 0.607 bits per heavy atom. The fraction of sp³-hybridized carbons (Fsp3) is 0.439. The number of hydrogen-bond acceptors (Lipinski definition) is 2. The summed E-state index contributed by atoms with van der Waals surface area (Å²) in [6, 6.07) is 45.1. The molecule has 0 aliphatic heterocycles. The molecular weight excluding hydrogens is 1170 g/mol. The number of aliphatic hydroxyl groups is 2. The summed E-state index contributed by atoms with van der Waals surface area (Å²) in [6.07, 6.45) is 6.44. The van der Waals surface area contributed by atoms with E-state index in [0.717, 1.165) is 78.7 Å². The molecule has 2 aliphatic carbocycles. The van der Waals surface area contributed by atoms with Gasteiger partial charge in [0.05, 0.1) is 22.1 Å². The maximum absolute atomic E-state index is 18.4. The van der Waals surface area contributed by atoms with Crippen LogP contribution in [0.4, 0.5) is 8.78 Å². The van der Waals surface area contributed by atoms with Crippen LogP contribution in [0.3, 0.4) is 0 Å². The monoisotopic (exact) mass is 1280 g/mol. The average Bonchev–Trinajstić information content (AvgIpc) is 1.66. The normalized spacial score (nSPS) is 19.8. The number of fused-ring (bicyclic) bond motifs is 6. The standard InChI is InChI=1S/2C40H50FNO.2CH3.Zr/c2*1-36(2,3)25-39(10,11)29-23-30(26-15-13-12-14-16-26)35(43)40(41,24-29)42-33-19-17-27(37(4,5)6)21-31(33)32-22-28(38(7,8)9)18-20-34(32)42;;;/h2*12-24,35,43H,25H2,1-11H3;2*1H3;/q;;2*-1;+2. The summed E-state index contributed by atoms with van der Waals surface area (Å²) in [6.45, 7) is 48.6. The zero-order chi connectivity index (χ0) is 63.5. The average molecular weight is 1280 g/mol. The van der Waals surface area contributed by atoms with Gasteiger partial charge in [0.15, 0.2) is 0 Å². The van der Waals surface area contributed by atoms with Gasteiger partial charge in [0.25, 0.3) is 0 Å². The van der Waals surface area contributed by atoms with Crippen LogP contribution in [0.5, 0.6) is 0 Å². The van der Waals surface area contributed by atoms with E-state index in [2.05, 4.69) is 225 Å². The minimum absolute atomic E-state index is 0. The molecule has 6 aromatic carbocycles. The van der Waals surface area contributed by atoms with Crippen LogP contribution >= 0.6 is 0 Å². The molecule has 0 bridgehead atoms. The Hall–Kier alpha value is -5.46. The summed E-state index contributed by atoms with van der Waals surface area (Å²) in [5, 5.41) is 28.3. The zero-order valence-corrected chi connectivity index (χ0v) is 61.1. The summed E-state index contributed by atoms with van der Waals surface area (Å²) >= 11 is 0. The van der Waals surface area contributed by atoms with Crippen molar-refractivity contribution in [3.8, 4) is 0 Å². The van der Waals surface area contributed by atoms with Gasteiger partial charge >= 0.3 is 26.2 Å². The van der Waals surface area contributed by atoms with E-state index in [0.29, 0.717) is 11.1 Å². The van der Waals surface area contributed by atoms with Crippen molar-refractivity contribution in [2.24, 2.45) is 21.7 Å². The van der Waals surface area contributed by atoms with Gasteiger partial charge < -0.3 is 34.2 Å². The molecule has 2 N–H and O–H groups in total. The molecule has 2 aromatic heterocycles. The maximum atomic E-state index is 18.4. The van der Waals surface area contributed by atoms with Crippen LogP contribution < -0.4 is 0 Å². The predicted molar refractivity (Wildman–Crippen MR) is 377 cm³/mol. The van der Waals surface area contributed by atoms with Gasteiger partial charge in [-0.2, -0.15) is 0 Å². The van der Waals surface area contributed by atoms with E-state index in [4.69, 9.17) is 0 Å². The van der Waals surface area contributed by atoms with Crippen molar-refractivity contribution in [1.29, 1.82) is 0 Å². The SMILES string of the molecule is CC(C)(C)CC(C)(C)C1=CC(F)(n2c3ccc(C(C)(C)C)cc3c3cc(C(C)(C)C)ccc32)C(O)C(c2ccccc2)=C1.CC(C)(C)CC(C)(C)C1=CC(F)(n2c3ccc(C(C)(C)C)cc3c3cc(C(C)(C)C)ccc32)C(O)C(c2ccccc2)=C1.[CH3-].[CH3-].[Zr+2]. The van der Waals surface area contributed by atoms with Gasteiger partial charge in [-0.05, 0) is 173 Å². The molecule has 0 saturated heterocycles.